The van der Waals surface area contributed by atoms with E-state index in [1.807, 2.05) is 0 Å². The van der Waals surface area contributed by atoms with E-state index in [9.17, 15) is 14.4 Å². The zero-order chi connectivity index (χ0) is 20.4. The van der Waals surface area contributed by atoms with Gasteiger partial charge in [0.05, 0.1) is 0 Å². The standard InChI is InChI=1S/C21H34N4O3.ClH/c1-4-20(2,3)16-5-9-21(10-6-16)18(27)25(19(28)24-21)14-17(26)23-13-15-7-11-22-12-8-15;/h7,16,22H,4-6,8-14H2,1-3H3,(H,23,26)(H,24,28);1H. The second-order valence-electron chi connectivity index (χ2n) is 9.11. The van der Waals surface area contributed by atoms with Gasteiger partial charge in [-0.2, -0.15) is 0 Å². The molecule has 0 bridgehead atoms. The van der Waals surface area contributed by atoms with Gasteiger partial charge in [0.2, 0.25) is 5.91 Å². The van der Waals surface area contributed by atoms with Crippen molar-refractivity contribution >= 4 is 30.3 Å². The number of hydrogen-bond acceptors (Lipinski definition) is 4. The summed E-state index contributed by atoms with van der Waals surface area (Å²) in [5.41, 5.74) is 0.614. The van der Waals surface area contributed by atoms with E-state index in [1.165, 1.54) is 5.57 Å². The molecule has 0 aromatic carbocycles. The quantitative estimate of drug-likeness (QED) is 0.449. The van der Waals surface area contributed by atoms with Crippen LogP contribution in [-0.2, 0) is 9.59 Å². The minimum Gasteiger partial charge on any atom is -0.351 e. The number of rotatable bonds is 6. The molecule has 1 aliphatic carbocycles. The van der Waals surface area contributed by atoms with Crippen LogP contribution in [0, 0.1) is 11.3 Å². The third-order valence-electron chi connectivity index (χ3n) is 7.07. The summed E-state index contributed by atoms with van der Waals surface area (Å²) < 4.78 is 0. The number of nitrogens with one attached hydrogen (secondary N) is 3. The van der Waals surface area contributed by atoms with Crippen molar-refractivity contribution in [2.45, 2.75) is 64.8 Å². The Balaban J connectivity index is 0.00000300. The molecule has 7 nitrogen and oxygen atoms in total. The summed E-state index contributed by atoms with van der Waals surface area (Å²) in [7, 11) is 0. The summed E-state index contributed by atoms with van der Waals surface area (Å²) in [4.78, 5) is 38.8. The first-order valence-electron chi connectivity index (χ1n) is 10.6. The van der Waals surface area contributed by atoms with Crippen LogP contribution in [0.5, 0.6) is 0 Å². The fraction of sp³-hybridized carbons (Fsp3) is 0.762. The molecule has 0 atom stereocenters. The van der Waals surface area contributed by atoms with Crippen molar-refractivity contribution in [2.75, 3.05) is 26.2 Å². The third kappa shape index (κ3) is 5.12. The van der Waals surface area contributed by atoms with Gasteiger partial charge in [-0.1, -0.05) is 38.8 Å². The molecule has 164 valence electrons. The molecule has 1 saturated carbocycles. The van der Waals surface area contributed by atoms with E-state index < -0.39 is 11.6 Å². The first-order valence-corrected chi connectivity index (χ1v) is 10.6. The van der Waals surface area contributed by atoms with Crippen LogP contribution in [-0.4, -0.2) is 54.5 Å². The molecule has 29 heavy (non-hydrogen) atoms. The topological polar surface area (TPSA) is 90.5 Å². The molecular formula is C21H35ClN4O3. The first-order chi connectivity index (χ1) is 13.3. The van der Waals surface area contributed by atoms with Crippen LogP contribution in [0.25, 0.3) is 0 Å². The average Bonchev–Trinajstić information content (AvgIpc) is 2.91. The Bertz CT molecular complexity index is 669. The van der Waals surface area contributed by atoms with Gasteiger partial charge in [0, 0.05) is 13.1 Å². The van der Waals surface area contributed by atoms with Crippen LogP contribution in [0.2, 0.25) is 0 Å². The van der Waals surface area contributed by atoms with Gasteiger partial charge < -0.3 is 16.0 Å². The van der Waals surface area contributed by atoms with E-state index in [2.05, 4.69) is 42.8 Å². The SMILES string of the molecule is CCC(C)(C)C1CCC2(CC1)NC(=O)N(CC(=O)NCC1=CCNCC1)C2=O.Cl. The molecule has 3 N–H and O–H groups in total. The van der Waals surface area contributed by atoms with Crippen LogP contribution in [0.4, 0.5) is 4.79 Å². The summed E-state index contributed by atoms with van der Waals surface area (Å²) in [5, 5.41) is 8.97. The van der Waals surface area contributed by atoms with Gasteiger partial charge in [0.15, 0.2) is 0 Å². The normalized spacial score (nSPS) is 27.3. The Morgan fingerprint density at radius 1 is 1.31 bits per heavy atom. The number of urea groups is 1. The monoisotopic (exact) mass is 426 g/mol. The zero-order valence-corrected chi connectivity index (χ0v) is 18.6. The van der Waals surface area contributed by atoms with Crippen LogP contribution >= 0.6 is 12.4 Å². The van der Waals surface area contributed by atoms with E-state index in [0.29, 0.717) is 25.3 Å². The summed E-state index contributed by atoms with van der Waals surface area (Å²) in [6.45, 7) is 8.75. The highest BCUT2D eigenvalue weighted by atomic mass is 35.5. The molecular weight excluding hydrogens is 392 g/mol. The predicted molar refractivity (Wildman–Crippen MR) is 115 cm³/mol. The number of hydrogen-bond donors (Lipinski definition) is 3. The van der Waals surface area contributed by atoms with Gasteiger partial charge in [-0.25, -0.2) is 4.79 Å². The highest BCUT2D eigenvalue weighted by Crippen LogP contribution is 2.45. The van der Waals surface area contributed by atoms with Crippen LogP contribution in [0.15, 0.2) is 11.6 Å². The zero-order valence-electron chi connectivity index (χ0n) is 17.8. The molecule has 8 heteroatoms. The number of carbonyl (C=O) groups is 3. The summed E-state index contributed by atoms with van der Waals surface area (Å²) in [6, 6.07) is -0.436. The smallest absolute Gasteiger partial charge is 0.325 e. The van der Waals surface area contributed by atoms with Crippen LogP contribution < -0.4 is 16.0 Å². The fourth-order valence-corrected chi connectivity index (χ4v) is 4.58. The van der Waals surface area contributed by atoms with Gasteiger partial charge in [0.25, 0.3) is 5.91 Å². The first kappa shape index (κ1) is 23.7. The average molecular weight is 427 g/mol. The van der Waals surface area contributed by atoms with Crippen LogP contribution in [0.1, 0.15) is 59.3 Å². The largest absolute Gasteiger partial charge is 0.351 e. The molecule has 1 spiro atoms. The van der Waals surface area contributed by atoms with E-state index in [0.717, 1.165) is 43.7 Å². The molecule has 2 fully saturated rings. The summed E-state index contributed by atoms with van der Waals surface area (Å²) in [6.07, 6.45) is 7.24. The number of halogens is 1. The van der Waals surface area contributed by atoms with E-state index in [-0.39, 0.29) is 36.2 Å². The van der Waals surface area contributed by atoms with E-state index in [1.54, 1.807) is 0 Å². The maximum atomic E-state index is 13.0. The maximum absolute atomic E-state index is 13.0. The van der Waals surface area contributed by atoms with Gasteiger partial charge in [0.1, 0.15) is 12.1 Å². The Kier molecular flexibility index (Phi) is 7.74. The lowest BCUT2D eigenvalue weighted by Crippen LogP contribution is -2.51. The number of nitrogens with zero attached hydrogens (tertiary/aromatic N) is 1. The second-order valence-corrected chi connectivity index (χ2v) is 9.11. The van der Waals surface area contributed by atoms with E-state index in [4.69, 9.17) is 0 Å². The number of imide groups is 1. The summed E-state index contributed by atoms with van der Waals surface area (Å²) >= 11 is 0. The van der Waals surface area contributed by atoms with Crippen molar-refractivity contribution in [3.8, 4) is 0 Å². The highest BCUT2D eigenvalue weighted by molar-refractivity contribution is 6.09. The Morgan fingerprint density at radius 3 is 2.59 bits per heavy atom. The lowest BCUT2D eigenvalue weighted by Gasteiger charge is -2.42. The van der Waals surface area contributed by atoms with Crippen LogP contribution in [0.3, 0.4) is 0 Å². The van der Waals surface area contributed by atoms with Gasteiger partial charge in [-0.3, -0.25) is 14.5 Å². The molecule has 2 heterocycles. The predicted octanol–water partition coefficient (Wildman–Crippen LogP) is 2.36. The molecule has 0 unspecified atom stereocenters. The van der Waals surface area contributed by atoms with E-state index >= 15 is 0 Å². The Labute approximate surface area is 179 Å². The van der Waals surface area contributed by atoms with Crippen molar-refractivity contribution < 1.29 is 14.4 Å². The number of carbonyl (C=O) groups excluding carboxylic acids is 3. The molecule has 0 radical (unpaired) electrons. The summed E-state index contributed by atoms with van der Waals surface area (Å²) in [5.74, 6) is 0.0331. The van der Waals surface area contributed by atoms with Crippen molar-refractivity contribution in [3.05, 3.63) is 11.6 Å². The molecule has 3 aliphatic rings. The lowest BCUT2D eigenvalue weighted by molar-refractivity contribution is -0.136. The van der Waals surface area contributed by atoms with Crippen molar-refractivity contribution in [2.24, 2.45) is 11.3 Å². The molecule has 0 aromatic rings. The minimum atomic E-state index is -0.810. The van der Waals surface area contributed by atoms with Gasteiger partial charge >= 0.3 is 6.03 Å². The fourth-order valence-electron chi connectivity index (χ4n) is 4.58. The Hall–Kier alpha value is -1.60. The highest BCUT2D eigenvalue weighted by Gasteiger charge is 2.53. The molecule has 1 saturated heterocycles. The molecule has 3 rings (SSSR count). The molecule has 4 amide bonds. The van der Waals surface area contributed by atoms with Gasteiger partial charge in [-0.15, -0.1) is 12.4 Å². The number of amides is 4. The van der Waals surface area contributed by atoms with Crippen molar-refractivity contribution in [3.63, 3.8) is 0 Å². The van der Waals surface area contributed by atoms with Crippen molar-refractivity contribution in [1.82, 2.24) is 20.9 Å². The second kappa shape index (κ2) is 9.47. The lowest BCUT2D eigenvalue weighted by atomic mass is 9.65. The molecule has 2 aliphatic heterocycles. The molecule has 0 aromatic heterocycles. The van der Waals surface area contributed by atoms with Crippen molar-refractivity contribution in [1.29, 1.82) is 0 Å². The van der Waals surface area contributed by atoms with Gasteiger partial charge in [-0.05, 0) is 50.0 Å². The Morgan fingerprint density at radius 2 is 2.00 bits per heavy atom. The third-order valence-corrected chi connectivity index (χ3v) is 7.07. The maximum Gasteiger partial charge on any atom is 0.325 e. The minimum absolute atomic E-state index is 0.